The van der Waals surface area contributed by atoms with Crippen molar-refractivity contribution < 1.29 is 24.1 Å². The quantitative estimate of drug-likeness (QED) is 0.149. The number of rotatable bonds is 7. The zero-order chi connectivity index (χ0) is 51.8. The summed E-state index contributed by atoms with van der Waals surface area (Å²) in [6.45, 7) is 16.0. The van der Waals surface area contributed by atoms with E-state index in [0.29, 0.717) is 11.5 Å². The Morgan fingerprint density at radius 2 is 1.08 bits per heavy atom. The minimum Gasteiger partial charge on any atom is 0.0620 e. The van der Waals surface area contributed by atoms with Crippen LogP contribution in [0, 0.1) is 22.9 Å². The molecular formula is C69H53N5OPt-2. The third kappa shape index (κ3) is 7.25. The van der Waals surface area contributed by atoms with Gasteiger partial charge in [-0.25, -0.2) is 0 Å². The van der Waals surface area contributed by atoms with Gasteiger partial charge >= 0.3 is 346 Å². The molecule has 0 bridgehead atoms. The number of hydrogen-bond acceptors (Lipinski definition) is 2. The topological polar surface area (TPSA) is 41.3 Å². The molecule has 0 aliphatic heterocycles. The molecule has 6 nitrogen and oxygen atoms in total. The first-order valence-electron chi connectivity index (χ1n) is 26.0. The van der Waals surface area contributed by atoms with Crippen molar-refractivity contribution >= 4 is 70.9 Å². The Labute approximate surface area is 452 Å². The first kappa shape index (κ1) is 46.2. The first-order chi connectivity index (χ1) is 36.8. The summed E-state index contributed by atoms with van der Waals surface area (Å²) in [4.78, 5) is 4.97. The molecule has 0 amide bonds. The summed E-state index contributed by atoms with van der Waals surface area (Å²) >= 11 is 2.52. The van der Waals surface area contributed by atoms with Gasteiger partial charge in [0.25, 0.3) is 0 Å². The molecule has 0 unspecified atom stereocenters. The number of aryl methyl sites for hydroxylation is 1. The molecule has 5 aromatic heterocycles. The number of ether oxygens (including phenoxy) is 1. The zero-order valence-corrected chi connectivity index (χ0v) is 45.7. The van der Waals surface area contributed by atoms with Crippen LogP contribution in [-0.4, -0.2) is 23.1 Å². The van der Waals surface area contributed by atoms with Crippen LogP contribution >= 0.6 is 0 Å². The maximum absolute atomic E-state index is 6.86. The molecule has 76 heavy (non-hydrogen) atoms. The van der Waals surface area contributed by atoms with E-state index in [2.05, 4.69) is 268 Å². The number of fused-ring (bicyclic) bond motifs is 10. The number of hydrogen-bond donors (Lipinski definition) is 0. The second-order valence-corrected chi connectivity index (χ2v) is 23.3. The van der Waals surface area contributed by atoms with Crippen LogP contribution < -0.4 is 4.74 Å². The Morgan fingerprint density at radius 3 is 1.82 bits per heavy atom. The summed E-state index contributed by atoms with van der Waals surface area (Å²) in [5, 5.41) is 7.21. The molecule has 9 aromatic carbocycles. The van der Waals surface area contributed by atoms with Crippen LogP contribution in [0.1, 0.15) is 58.2 Å². The second-order valence-electron chi connectivity index (χ2n) is 22.3. The maximum atomic E-state index is 6.86. The van der Waals surface area contributed by atoms with Gasteiger partial charge in [-0.15, -0.1) is 0 Å². The van der Waals surface area contributed by atoms with Gasteiger partial charge in [-0.3, -0.25) is 0 Å². The van der Waals surface area contributed by atoms with Crippen LogP contribution in [-0.2, 0) is 30.2 Å². The van der Waals surface area contributed by atoms with Crippen LogP contribution in [0.2, 0.25) is 0 Å². The Bertz CT molecular complexity index is 4700. The van der Waals surface area contributed by atoms with Crippen LogP contribution in [0.5, 0.6) is 11.5 Å². The van der Waals surface area contributed by atoms with Crippen molar-refractivity contribution in [1.82, 2.24) is 23.1 Å². The SMILES string of the molecule is Cc1ccnc(-n2c3[c-]c(Oc4[c-]c(-n5[c](=[Pt])n(-c6c(-c7ccccc7)cccc6-c6cc(C(C)(C)C)cc(C(C)(C)C)c6)c6ccccc65)ccc4)ccc3c3cc4c5cccc6c7ccccc7n(c4cc32)c65)c1. The van der Waals surface area contributed by atoms with Crippen molar-refractivity contribution in [2.75, 3.05) is 0 Å². The van der Waals surface area contributed by atoms with Crippen molar-refractivity contribution in [3.8, 4) is 50.9 Å². The van der Waals surface area contributed by atoms with E-state index >= 15 is 0 Å². The molecule has 0 N–H and O–H groups in total. The average molecular weight is 1160 g/mol. The number of para-hydroxylation sites is 5. The number of aromatic nitrogens is 5. The van der Waals surface area contributed by atoms with Gasteiger partial charge in [0.2, 0.25) is 0 Å². The Morgan fingerprint density at radius 1 is 0.461 bits per heavy atom. The van der Waals surface area contributed by atoms with Crippen LogP contribution in [0.25, 0.3) is 110 Å². The van der Waals surface area contributed by atoms with Crippen LogP contribution in [0.4, 0.5) is 0 Å². The van der Waals surface area contributed by atoms with Gasteiger partial charge in [0.05, 0.1) is 16.6 Å². The summed E-state index contributed by atoms with van der Waals surface area (Å²) in [5.74, 6) is 2.00. The molecule has 0 saturated heterocycles. The van der Waals surface area contributed by atoms with E-state index in [9.17, 15) is 0 Å². The molecule has 372 valence electrons. The van der Waals surface area contributed by atoms with E-state index in [1.54, 1.807) is 0 Å². The molecule has 0 radical (unpaired) electrons. The van der Waals surface area contributed by atoms with Crippen molar-refractivity contribution in [3.05, 3.63) is 227 Å². The Balaban J connectivity index is 0.927. The second kappa shape index (κ2) is 17.1. The number of pyridine rings is 1. The fourth-order valence-corrected chi connectivity index (χ4v) is 12.7. The summed E-state index contributed by atoms with van der Waals surface area (Å²) in [6, 6.07) is 75.6. The smallest absolute Gasteiger partial charge is 0.0620 e. The third-order valence-corrected chi connectivity index (χ3v) is 16.4. The Hall–Kier alpha value is -8.31. The molecule has 5 heterocycles. The number of imidazole rings is 1. The van der Waals surface area contributed by atoms with E-state index in [-0.39, 0.29) is 10.8 Å². The van der Waals surface area contributed by atoms with Crippen LogP contribution in [0.3, 0.4) is 0 Å². The average Bonchev–Trinajstić information content (AvgIpc) is 4.31. The van der Waals surface area contributed by atoms with E-state index in [1.807, 2.05) is 24.4 Å². The van der Waals surface area contributed by atoms with Gasteiger partial charge in [0.15, 0.2) is 0 Å². The predicted molar refractivity (Wildman–Crippen MR) is 310 cm³/mol. The monoisotopic (exact) mass is 1160 g/mol. The van der Waals surface area contributed by atoms with E-state index in [1.165, 1.54) is 54.8 Å². The van der Waals surface area contributed by atoms with E-state index in [4.69, 9.17) is 9.72 Å². The Kier molecular flexibility index (Phi) is 10.4. The van der Waals surface area contributed by atoms with Gasteiger partial charge in [0, 0.05) is 27.7 Å². The third-order valence-electron chi connectivity index (χ3n) is 15.4. The molecular weight excluding hydrogens is 1110 g/mol. The molecule has 0 aliphatic rings. The zero-order valence-electron chi connectivity index (χ0n) is 43.4. The van der Waals surface area contributed by atoms with Gasteiger partial charge in [-0.1, -0.05) is 36.4 Å². The first-order valence-corrected chi connectivity index (χ1v) is 27.2. The molecule has 7 heteroatoms. The molecule has 0 aliphatic carbocycles. The molecule has 0 saturated carbocycles. The predicted octanol–water partition coefficient (Wildman–Crippen LogP) is 17.8. The summed E-state index contributed by atoms with van der Waals surface area (Å²) in [5.41, 5.74) is 18.0. The van der Waals surface area contributed by atoms with Crippen molar-refractivity contribution in [2.45, 2.75) is 59.3 Å². The molecule has 0 atom stereocenters. The fourth-order valence-electron chi connectivity index (χ4n) is 11.6. The van der Waals surface area contributed by atoms with Gasteiger partial charge in [-0.05, 0) is 24.6 Å². The van der Waals surface area contributed by atoms with Crippen molar-refractivity contribution in [1.29, 1.82) is 0 Å². The standard InChI is InChI=1S/C69H53N5O.Pt/c1-43-32-33-70-65(34-43)73-62-39-50(30-31-54(62)57-40-58-56-26-17-25-55-53-22-11-12-27-59(53)74(67(55)56)64(58)41-63(57)73)75-49-21-15-20-48(38-49)71-42-72(61-29-14-13-28-60(61)71)66-51(44-18-9-8-10-19-44)23-16-24-52(66)45-35-46(68(2,3)4)37-47(36-45)69(5,6)7;/h8-37,40-41H,1-7H3;/q-2;. The van der Waals surface area contributed by atoms with Gasteiger partial charge in [0.1, 0.15) is 0 Å². The van der Waals surface area contributed by atoms with Crippen LogP contribution in [0.15, 0.2) is 194 Å². The van der Waals surface area contributed by atoms with E-state index in [0.717, 1.165) is 76.0 Å². The van der Waals surface area contributed by atoms with Crippen molar-refractivity contribution in [3.63, 3.8) is 0 Å². The van der Waals surface area contributed by atoms with Gasteiger partial charge in [-0.2, -0.15) is 0 Å². The minimum absolute atomic E-state index is 0.0475. The molecule has 14 aromatic rings. The number of benzene rings is 9. The number of nitrogens with zero attached hydrogens (tertiary/aromatic N) is 5. The normalized spacial score (nSPS) is 12.5. The molecule has 14 rings (SSSR count). The summed E-state index contributed by atoms with van der Waals surface area (Å²) in [7, 11) is 0. The van der Waals surface area contributed by atoms with E-state index < -0.39 is 0 Å². The summed E-state index contributed by atoms with van der Waals surface area (Å²) in [6.07, 6.45) is 1.89. The van der Waals surface area contributed by atoms with Crippen molar-refractivity contribution in [2.24, 2.45) is 0 Å². The minimum atomic E-state index is -0.0475. The van der Waals surface area contributed by atoms with Gasteiger partial charge < -0.3 is 4.40 Å². The molecule has 0 fully saturated rings. The summed E-state index contributed by atoms with van der Waals surface area (Å²) < 4.78 is 17.3. The fraction of sp³-hybridized carbons (Fsp3) is 0.130. The molecule has 0 spiro atoms.